The summed E-state index contributed by atoms with van der Waals surface area (Å²) in [6.07, 6.45) is -2.11. The quantitative estimate of drug-likeness (QED) is 0.0993. The summed E-state index contributed by atoms with van der Waals surface area (Å²) in [5.74, 6) is -4.21. The molecule has 1 amide bonds. The van der Waals surface area contributed by atoms with Crippen molar-refractivity contribution >= 4 is 36.1 Å². The normalized spacial score (nSPS) is 25.4. The Morgan fingerprint density at radius 1 is 0.836 bits per heavy atom. The molecule has 8 atom stereocenters. The zero-order chi connectivity index (χ0) is 39.3. The molecule has 0 spiro atoms. The molecule has 0 aromatic heterocycles. The number of hydrogen-bond acceptors (Lipinski definition) is 10. The van der Waals surface area contributed by atoms with Gasteiger partial charge < -0.3 is 24.3 Å². The van der Waals surface area contributed by atoms with E-state index >= 15 is 0 Å². The molecule has 4 unspecified atom stereocenters. The predicted octanol–water partition coefficient (Wildman–Crippen LogP) is 6.52. The highest BCUT2D eigenvalue weighted by atomic mass is 16.6. The van der Waals surface area contributed by atoms with E-state index < -0.39 is 77.4 Å². The summed E-state index contributed by atoms with van der Waals surface area (Å²) < 4.78 is 24.0. The third-order valence-corrected chi connectivity index (χ3v) is 11.6. The fraction of sp³-hybridized carbons (Fsp3) is 0.409. The van der Waals surface area contributed by atoms with Crippen LogP contribution in [0.25, 0.3) is 0 Å². The molecule has 2 bridgehead atoms. The molecule has 288 valence electrons. The van der Waals surface area contributed by atoms with Crippen LogP contribution in [-0.4, -0.2) is 60.5 Å². The smallest absolute Gasteiger partial charge is 0.350 e. The van der Waals surface area contributed by atoms with Crippen molar-refractivity contribution in [3.05, 3.63) is 119 Å². The van der Waals surface area contributed by atoms with E-state index in [1.807, 2.05) is 20.8 Å². The van der Waals surface area contributed by atoms with Gasteiger partial charge in [0.05, 0.1) is 5.56 Å². The lowest BCUT2D eigenvalue weighted by atomic mass is 9.55. The van der Waals surface area contributed by atoms with E-state index in [1.165, 1.54) is 6.92 Å². The van der Waals surface area contributed by atoms with E-state index in [0.29, 0.717) is 41.5 Å². The number of ether oxygens (including phenoxy) is 4. The summed E-state index contributed by atoms with van der Waals surface area (Å²) in [5, 5.41) is 2.86. The lowest BCUT2D eigenvalue weighted by molar-refractivity contribution is -0.174. The van der Waals surface area contributed by atoms with Gasteiger partial charge in [0.25, 0.3) is 12.4 Å². The number of carbonyl (C=O) groups is 6. The van der Waals surface area contributed by atoms with Crippen molar-refractivity contribution in [2.24, 2.45) is 23.2 Å². The van der Waals surface area contributed by atoms with Gasteiger partial charge in [0.2, 0.25) is 6.10 Å². The van der Waals surface area contributed by atoms with Gasteiger partial charge >= 0.3 is 17.9 Å². The highest BCUT2D eigenvalue weighted by Gasteiger charge is 2.57. The second kappa shape index (κ2) is 16.8. The lowest BCUT2D eigenvalue weighted by Gasteiger charge is -2.53. The van der Waals surface area contributed by atoms with Crippen molar-refractivity contribution in [3.8, 4) is 0 Å². The number of amides is 1. The van der Waals surface area contributed by atoms with Crippen molar-refractivity contribution in [1.82, 2.24) is 5.32 Å². The molecule has 0 aliphatic heterocycles. The van der Waals surface area contributed by atoms with Crippen LogP contribution in [-0.2, 0) is 38.1 Å². The summed E-state index contributed by atoms with van der Waals surface area (Å²) in [6, 6.07) is 24.5. The summed E-state index contributed by atoms with van der Waals surface area (Å²) >= 11 is 0. The monoisotopic (exact) mass is 749 g/mol. The Kier molecular flexibility index (Phi) is 12.0. The standard InChI is InChI=1S/C44H47NO10/c1-26-32-23-34(48)31-21-14-22-35(53-27(2)47)37(31)39(55-42(50)30-19-12-7-13-20-30)33(44(32,3)4)24-36(26)54-43(51)40(52-25-46)38(28-15-8-5-9-16-28)45-41(49)29-17-10-6-11-18-29/h5-13,15-20,25,31,33,35-40H,14,21-24H2,1-4H3,(H,45,49)/t31?,33?,35-,36-,37-,38?,39?,40+/m0/s1. The average molecular weight is 750 g/mol. The van der Waals surface area contributed by atoms with Crippen molar-refractivity contribution in [3.63, 3.8) is 0 Å². The second-order valence-electron chi connectivity index (χ2n) is 15.2. The van der Waals surface area contributed by atoms with Gasteiger partial charge in [-0.2, -0.15) is 0 Å². The third-order valence-electron chi connectivity index (χ3n) is 11.6. The molecule has 3 aliphatic rings. The van der Waals surface area contributed by atoms with Crippen LogP contribution in [0.1, 0.15) is 92.1 Å². The fourth-order valence-corrected chi connectivity index (χ4v) is 8.87. The van der Waals surface area contributed by atoms with Crippen LogP contribution in [0.5, 0.6) is 0 Å². The van der Waals surface area contributed by atoms with Gasteiger partial charge in [-0.15, -0.1) is 0 Å². The number of ketones is 1. The van der Waals surface area contributed by atoms with Crippen LogP contribution in [0.4, 0.5) is 0 Å². The zero-order valence-electron chi connectivity index (χ0n) is 31.5. The summed E-state index contributed by atoms with van der Waals surface area (Å²) in [5.41, 5.74) is 1.89. The average Bonchev–Trinajstić information content (AvgIpc) is 3.18. The van der Waals surface area contributed by atoms with E-state index in [4.69, 9.17) is 18.9 Å². The Morgan fingerprint density at radius 2 is 1.45 bits per heavy atom. The highest BCUT2D eigenvalue weighted by molar-refractivity contribution is 5.95. The number of allylic oxidation sites excluding steroid dienone is 1. The number of hydrogen-bond donors (Lipinski definition) is 1. The SMILES string of the molecule is CC(=O)O[C@H]1CCCC2C(=O)CC3=C(C)[C@@H](OC(=O)[C@H](OC=O)C(NC(=O)c4ccccc4)c4ccccc4)CC(C(OC(=O)c4ccccc4)[C@@H]21)C3(C)C. The first-order chi connectivity index (χ1) is 26.4. The molecular formula is C44H47NO10. The molecule has 0 saturated heterocycles. The minimum Gasteiger partial charge on any atom is -0.462 e. The van der Waals surface area contributed by atoms with Crippen molar-refractivity contribution in [1.29, 1.82) is 0 Å². The van der Waals surface area contributed by atoms with Gasteiger partial charge in [-0.1, -0.05) is 86.2 Å². The van der Waals surface area contributed by atoms with Gasteiger partial charge in [0.1, 0.15) is 30.1 Å². The Hall–Kier alpha value is -5.58. The van der Waals surface area contributed by atoms with Crippen LogP contribution in [0.3, 0.4) is 0 Å². The maximum atomic E-state index is 14.3. The molecule has 3 aromatic rings. The van der Waals surface area contributed by atoms with Crippen LogP contribution in [0.2, 0.25) is 0 Å². The third kappa shape index (κ3) is 8.40. The summed E-state index contributed by atoms with van der Waals surface area (Å²) in [6.45, 7) is 7.29. The van der Waals surface area contributed by atoms with Gasteiger partial charge in [0.15, 0.2) is 0 Å². The van der Waals surface area contributed by atoms with E-state index in [-0.39, 0.29) is 25.1 Å². The molecule has 0 heterocycles. The zero-order valence-corrected chi connectivity index (χ0v) is 31.5. The largest absolute Gasteiger partial charge is 0.462 e. The highest BCUT2D eigenvalue weighted by Crippen LogP contribution is 2.55. The molecule has 2 saturated carbocycles. The first-order valence-electron chi connectivity index (χ1n) is 18.8. The molecule has 11 nitrogen and oxygen atoms in total. The van der Waals surface area contributed by atoms with Crippen molar-refractivity contribution in [2.75, 3.05) is 0 Å². The minimum atomic E-state index is -1.59. The molecule has 55 heavy (non-hydrogen) atoms. The number of nitrogens with one attached hydrogen (secondary N) is 1. The molecule has 1 N–H and O–H groups in total. The van der Waals surface area contributed by atoms with Gasteiger partial charge in [0, 0.05) is 36.7 Å². The summed E-state index contributed by atoms with van der Waals surface area (Å²) in [4.78, 5) is 80.3. The van der Waals surface area contributed by atoms with E-state index in [1.54, 1.807) is 91.0 Å². The maximum Gasteiger partial charge on any atom is 0.350 e. The van der Waals surface area contributed by atoms with E-state index in [2.05, 4.69) is 5.32 Å². The first-order valence-corrected chi connectivity index (χ1v) is 18.8. The predicted molar refractivity (Wildman–Crippen MR) is 200 cm³/mol. The molecule has 6 rings (SSSR count). The van der Waals surface area contributed by atoms with Crippen LogP contribution in [0, 0.1) is 23.2 Å². The van der Waals surface area contributed by atoms with Crippen molar-refractivity contribution < 1.29 is 47.7 Å². The van der Waals surface area contributed by atoms with Gasteiger partial charge in [-0.05, 0) is 73.4 Å². The van der Waals surface area contributed by atoms with Gasteiger partial charge in [-0.25, -0.2) is 9.59 Å². The Bertz CT molecular complexity index is 1930. The van der Waals surface area contributed by atoms with Crippen LogP contribution in [0.15, 0.2) is 102 Å². The summed E-state index contributed by atoms with van der Waals surface area (Å²) in [7, 11) is 0. The van der Waals surface area contributed by atoms with Crippen LogP contribution < -0.4 is 5.32 Å². The minimum absolute atomic E-state index is 0.0644. The molecule has 11 heteroatoms. The van der Waals surface area contributed by atoms with Crippen LogP contribution >= 0.6 is 0 Å². The molecule has 3 aliphatic carbocycles. The first kappa shape index (κ1) is 39.1. The molecular weight excluding hydrogens is 702 g/mol. The Labute approximate surface area is 320 Å². The number of carbonyl (C=O) groups excluding carboxylic acids is 6. The Balaban J connectivity index is 1.38. The molecule has 2 fully saturated rings. The van der Waals surface area contributed by atoms with Gasteiger partial charge in [-0.3, -0.25) is 19.2 Å². The number of fused-ring (bicyclic) bond motifs is 3. The van der Waals surface area contributed by atoms with E-state index in [0.717, 1.165) is 5.57 Å². The maximum absolute atomic E-state index is 14.3. The second-order valence-corrected chi connectivity index (χ2v) is 15.2. The van der Waals surface area contributed by atoms with E-state index in [9.17, 15) is 28.8 Å². The number of benzene rings is 3. The molecule has 3 aromatic carbocycles. The lowest BCUT2D eigenvalue weighted by Crippen LogP contribution is -2.57. The number of Topliss-reactive ketones (excluding diaryl/α,β-unsaturated/α-hetero) is 1. The number of rotatable bonds is 11. The molecule has 0 radical (unpaired) electrons. The topological polar surface area (TPSA) is 151 Å². The fourth-order valence-electron chi connectivity index (χ4n) is 8.87. The number of esters is 3. The van der Waals surface area contributed by atoms with Crippen molar-refractivity contribution in [2.45, 2.75) is 90.3 Å². The Morgan fingerprint density at radius 3 is 2.07 bits per heavy atom.